The van der Waals surface area contributed by atoms with Crippen LogP contribution in [0, 0.1) is 6.92 Å². The van der Waals surface area contributed by atoms with Gasteiger partial charge in [0.1, 0.15) is 6.26 Å². The van der Waals surface area contributed by atoms with E-state index in [1.165, 1.54) is 0 Å². The first kappa shape index (κ1) is 17.0. The second-order valence-corrected chi connectivity index (χ2v) is 6.15. The standard InChI is InChI=1S/C18H22N4O3/c1-3-16(23)22-8-7-15(10-22)21-18(24)20-14-6-4-5-13(9-14)17-19-12(2)11-25-17/h4-6,9,11,15H,3,7-8,10H2,1-2H3,(H2,20,21,24)/t15-/m1/s1. The number of likely N-dealkylation sites (tertiary alicyclic amines) is 1. The molecule has 1 atom stereocenters. The molecule has 2 heterocycles. The number of aryl methyl sites for hydroxylation is 1. The number of urea groups is 1. The van der Waals surface area contributed by atoms with Gasteiger partial charge >= 0.3 is 6.03 Å². The number of nitrogens with zero attached hydrogens (tertiary/aromatic N) is 2. The van der Waals surface area contributed by atoms with Crippen LogP contribution >= 0.6 is 0 Å². The summed E-state index contributed by atoms with van der Waals surface area (Å²) in [4.78, 5) is 30.0. The fourth-order valence-corrected chi connectivity index (χ4v) is 2.90. The van der Waals surface area contributed by atoms with E-state index in [4.69, 9.17) is 4.42 Å². The van der Waals surface area contributed by atoms with Crippen molar-refractivity contribution in [1.82, 2.24) is 15.2 Å². The summed E-state index contributed by atoms with van der Waals surface area (Å²) in [5.74, 6) is 0.643. The Morgan fingerprint density at radius 1 is 1.40 bits per heavy atom. The number of hydrogen-bond acceptors (Lipinski definition) is 4. The lowest BCUT2D eigenvalue weighted by atomic mass is 10.2. The van der Waals surface area contributed by atoms with E-state index in [1.54, 1.807) is 17.2 Å². The van der Waals surface area contributed by atoms with Crippen molar-refractivity contribution in [2.45, 2.75) is 32.7 Å². The van der Waals surface area contributed by atoms with E-state index in [0.29, 0.717) is 31.1 Å². The van der Waals surface area contributed by atoms with Gasteiger partial charge in [-0.05, 0) is 31.5 Å². The fraction of sp³-hybridized carbons (Fsp3) is 0.389. The van der Waals surface area contributed by atoms with Crippen LogP contribution in [0.15, 0.2) is 34.9 Å². The van der Waals surface area contributed by atoms with Crippen molar-refractivity contribution in [3.63, 3.8) is 0 Å². The molecule has 0 spiro atoms. The minimum Gasteiger partial charge on any atom is -0.444 e. The van der Waals surface area contributed by atoms with E-state index in [1.807, 2.05) is 32.0 Å². The van der Waals surface area contributed by atoms with Crippen molar-refractivity contribution in [3.8, 4) is 11.5 Å². The molecule has 0 unspecified atom stereocenters. The minimum atomic E-state index is -0.281. The van der Waals surface area contributed by atoms with Crippen LogP contribution in [0.1, 0.15) is 25.5 Å². The maximum Gasteiger partial charge on any atom is 0.319 e. The zero-order valence-corrected chi connectivity index (χ0v) is 14.4. The lowest BCUT2D eigenvalue weighted by Gasteiger charge is -2.16. The molecule has 25 heavy (non-hydrogen) atoms. The number of carbonyl (C=O) groups is 2. The number of hydrogen-bond donors (Lipinski definition) is 2. The van der Waals surface area contributed by atoms with Crippen LogP contribution in [0.3, 0.4) is 0 Å². The van der Waals surface area contributed by atoms with Crippen molar-refractivity contribution in [2.24, 2.45) is 0 Å². The van der Waals surface area contributed by atoms with Crippen LogP contribution in [0.25, 0.3) is 11.5 Å². The molecule has 3 amide bonds. The molecule has 1 aliphatic rings. The van der Waals surface area contributed by atoms with E-state index in [2.05, 4.69) is 15.6 Å². The third-order valence-electron chi connectivity index (χ3n) is 4.17. The first-order chi connectivity index (χ1) is 12.0. The summed E-state index contributed by atoms with van der Waals surface area (Å²) in [6.07, 6.45) is 2.85. The highest BCUT2D eigenvalue weighted by molar-refractivity contribution is 5.90. The van der Waals surface area contributed by atoms with Crippen molar-refractivity contribution >= 4 is 17.6 Å². The first-order valence-electron chi connectivity index (χ1n) is 8.43. The lowest BCUT2D eigenvalue weighted by Crippen LogP contribution is -2.40. The van der Waals surface area contributed by atoms with E-state index in [-0.39, 0.29) is 18.0 Å². The summed E-state index contributed by atoms with van der Waals surface area (Å²) in [6.45, 7) is 4.96. The van der Waals surface area contributed by atoms with Gasteiger partial charge in [-0.15, -0.1) is 0 Å². The van der Waals surface area contributed by atoms with Gasteiger partial charge in [0.15, 0.2) is 0 Å². The predicted octanol–water partition coefficient (Wildman–Crippen LogP) is 2.78. The Morgan fingerprint density at radius 3 is 2.96 bits per heavy atom. The van der Waals surface area contributed by atoms with Crippen LogP contribution in [0.4, 0.5) is 10.5 Å². The van der Waals surface area contributed by atoms with Gasteiger partial charge in [-0.2, -0.15) is 0 Å². The van der Waals surface area contributed by atoms with Gasteiger partial charge in [-0.1, -0.05) is 13.0 Å². The monoisotopic (exact) mass is 342 g/mol. The van der Waals surface area contributed by atoms with Crippen LogP contribution in [0.2, 0.25) is 0 Å². The molecule has 1 aromatic heterocycles. The molecule has 0 radical (unpaired) electrons. The smallest absolute Gasteiger partial charge is 0.319 e. The Kier molecular flexibility index (Phi) is 5.02. The largest absolute Gasteiger partial charge is 0.444 e. The van der Waals surface area contributed by atoms with E-state index in [0.717, 1.165) is 17.7 Å². The average Bonchev–Trinajstić information content (AvgIpc) is 3.23. The zero-order valence-electron chi connectivity index (χ0n) is 14.4. The third kappa shape index (κ3) is 4.17. The molecule has 0 bridgehead atoms. The van der Waals surface area contributed by atoms with Gasteiger partial charge in [0.2, 0.25) is 11.8 Å². The molecule has 1 saturated heterocycles. The van der Waals surface area contributed by atoms with Crippen LogP contribution in [0.5, 0.6) is 0 Å². The molecule has 1 fully saturated rings. The van der Waals surface area contributed by atoms with Gasteiger partial charge in [-0.3, -0.25) is 4.79 Å². The number of oxazole rings is 1. The summed E-state index contributed by atoms with van der Waals surface area (Å²) < 4.78 is 5.39. The molecular formula is C18H22N4O3. The van der Waals surface area contributed by atoms with Crippen molar-refractivity contribution in [3.05, 3.63) is 36.2 Å². The number of amides is 3. The summed E-state index contributed by atoms with van der Waals surface area (Å²) in [5, 5.41) is 5.74. The predicted molar refractivity (Wildman–Crippen MR) is 94.1 cm³/mol. The van der Waals surface area contributed by atoms with E-state index >= 15 is 0 Å². The van der Waals surface area contributed by atoms with Gasteiger partial charge in [-0.25, -0.2) is 9.78 Å². The van der Waals surface area contributed by atoms with E-state index < -0.39 is 0 Å². The average molecular weight is 342 g/mol. The Balaban J connectivity index is 1.58. The normalized spacial score (nSPS) is 16.7. The summed E-state index contributed by atoms with van der Waals surface area (Å²) in [7, 11) is 0. The third-order valence-corrected chi connectivity index (χ3v) is 4.17. The maximum absolute atomic E-state index is 12.2. The van der Waals surface area contributed by atoms with E-state index in [9.17, 15) is 9.59 Å². The Bertz CT molecular complexity index is 771. The summed E-state index contributed by atoms with van der Waals surface area (Å²) >= 11 is 0. The fourth-order valence-electron chi connectivity index (χ4n) is 2.90. The molecule has 3 rings (SSSR count). The Labute approximate surface area is 146 Å². The van der Waals surface area contributed by atoms with Crippen LogP contribution < -0.4 is 10.6 Å². The molecule has 7 heteroatoms. The highest BCUT2D eigenvalue weighted by atomic mass is 16.3. The molecule has 2 aromatic rings. The molecular weight excluding hydrogens is 320 g/mol. The highest BCUT2D eigenvalue weighted by Crippen LogP contribution is 2.22. The van der Waals surface area contributed by atoms with Gasteiger partial charge in [0.05, 0.1) is 5.69 Å². The first-order valence-corrected chi connectivity index (χ1v) is 8.43. The van der Waals surface area contributed by atoms with Gasteiger partial charge in [0.25, 0.3) is 0 Å². The van der Waals surface area contributed by atoms with Crippen molar-refractivity contribution in [2.75, 3.05) is 18.4 Å². The number of anilines is 1. The van der Waals surface area contributed by atoms with Crippen LogP contribution in [-0.2, 0) is 4.79 Å². The van der Waals surface area contributed by atoms with Crippen LogP contribution in [-0.4, -0.2) is 41.0 Å². The SMILES string of the molecule is CCC(=O)N1CC[C@@H](NC(=O)Nc2cccc(-c3nc(C)co3)c2)C1. The lowest BCUT2D eigenvalue weighted by molar-refractivity contribution is -0.129. The quantitative estimate of drug-likeness (QED) is 0.894. The number of rotatable bonds is 4. The molecule has 1 aliphatic heterocycles. The second-order valence-electron chi connectivity index (χ2n) is 6.15. The molecule has 1 aromatic carbocycles. The molecule has 0 saturated carbocycles. The molecule has 132 valence electrons. The number of benzene rings is 1. The number of carbonyl (C=O) groups excluding carboxylic acids is 2. The zero-order chi connectivity index (χ0) is 17.8. The Hall–Kier alpha value is -2.83. The minimum absolute atomic E-state index is 0.0203. The van der Waals surface area contributed by atoms with Gasteiger partial charge in [0, 0.05) is 36.8 Å². The summed E-state index contributed by atoms with van der Waals surface area (Å²) in [6, 6.07) is 7.03. The van der Waals surface area contributed by atoms with Crippen molar-refractivity contribution < 1.29 is 14.0 Å². The molecule has 7 nitrogen and oxygen atoms in total. The highest BCUT2D eigenvalue weighted by Gasteiger charge is 2.26. The Morgan fingerprint density at radius 2 is 2.24 bits per heavy atom. The molecule has 2 N–H and O–H groups in total. The second kappa shape index (κ2) is 7.38. The number of nitrogens with one attached hydrogen (secondary N) is 2. The van der Waals surface area contributed by atoms with Gasteiger partial charge < -0.3 is 20.0 Å². The molecule has 0 aliphatic carbocycles. The number of aromatic nitrogens is 1. The van der Waals surface area contributed by atoms with Crippen molar-refractivity contribution in [1.29, 1.82) is 0 Å². The summed E-state index contributed by atoms with van der Waals surface area (Å²) in [5.41, 5.74) is 2.26. The maximum atomic E-state index is 12.2. The topological polar surface area (TPSA) is 87.5 Å².